The van der Waals surface area contributed by atoms with Crippen LogP contribution < -0.4 is 0 Å². The Hall–Kier alpha value is -2.04. The van der Waals surface area contributed by atoms with Crippen LogP contribution in [-0.2, 0) is 17.9 Å². The summed E-state index contributed by atoms with van der Waals surface area (Å²) in [6.07, 6.45) is 0.419. The van der Waals surface area contributed by atoms with Crippen LogP contribution in [0, 0.1) is 0 Å². The van der Waals surface area contributed by atoms with Crippen molar-refractivity contribution in [1.82, 2.24) is 5.06 Å². The molecule has 1 amide bonds. The van der Waals surface area contributed by atoms with Gasteiger partial charge in [-0.1, -0.05) is 83.3 Å². The number of hydrogen-bond donors (Lipinski definition) is 0. The highest BCUT2D eigenvalue weighted by molar-refractivity contribution is 6.39. The standard InChI is InChI=1S/C23H20Cl3NO2/c1-16(12-20-21(25)13-19(24)14-22(20)26)27(23(28)18-10-6-3-7-11-18)29-15-17-8-4-2-5-9-17/h2-11,13-14,16H,12,15H2,1H3/t16-/m1/s1. The van der Waals surface area contributed by atoms with Gasteiger partial charge in [-0.15, -0.1) is 0 Å². The van der Waals surface area contributed by atoms with Gasteiger partial charge in [0.15, 0.2) is 0 Å². The molecule has 0 spiro atoms. The number of hydrogen-bond acceptors (Lipinski definition) is 2. The van der Waals surface area contributed by atoms with E-state index in [1.807, 2.05) is 55.5 Å². The van der Waals surface area contributed by atoms with Gasteiger partial charge in [0.25, 0.3) is 5.91 Å². The van der Waals surface area contributed by atoms with Gasteiger partial charge < -0.3 is 0 Å². The maximum Gasteiger partial charge on any atom is 0.277 e. The normalized spacial score (nSPS) is 11.9. The van der Waals surface area contributed by atoms with Crippen molar-refractivity contribution in [2.45, 2.75) is 26.0 Å². The number of rotatable bonds is 7. The van der Waals surface area contributed by atoms with E-state index in [2.05, 4.69) is 0 Å². The van der Waals surface area contributed by atoms with Crippen molar-refractivity contribution in [2.75, 3.05) is 0 Å². The summed E-state index contributed by atoms with van der Waals surface area (Å²) in [7, 11) is 0. The second-order valence-electron chi connectivity index (χ2n) is 6.66. The molecular formula is C23H20Cl3NO2. The average Bonchev–Trinajstić information content (AvgIpc) is 2.72. The first kappa shape index (κ1) is 21.7. The Kier molecular flexibility index (Phi) is 7.57. The molecule has 3 nitrogen and oxygen atoms in total. The minimum absolute atomic E-state index is 0.227. The SMILES string of the molecule is C[C@H](Cc1c(Cl)cc(Cl)cc1Cl)N(OCc1ccccc1)C(=O)c1ccccc1. The van der Waals surface area contributed by atoms with E-state index in [9.17, 15) is 4.79 Å². The summed E-state index contributed by atoms with van der Waals surface area (Å²) < 4.78 is 0. The molecule has 29 heavy (non-hydrogen) atoms. The van der Waals surface area contributed by atoms with Crippen LogP contribution in [0.1, 0.15) is 28.4 Å². The van der Waals surface area contributed by atoms with Gasteiger partial charge in [-0.3, -0.25) is 9.63 Å². The van der Waals surface area contributed by atoms with Crippen LogP contribution in [-0.4, -0.2) is 17.0 Å². The van der Waals surface area contributed by atoms with E-state index >= 15 is 0 Å². The average molecular weight is 449 g/mol. The number of carbonyl (C=O) groups is 1. The van der Waals surface area contributed by atoms with Gasteiger partial charge in [0.05, 0.1) is 6.04 Å². The number of hydroxylamine groups is 2. The fourth-order valence-corrected chi connectivity index (χ4v) is 3.93. The summed E-state index contributed by atoms with van der Waals surface area (Å²) in [4.78, 5) is 19.1. The molecule has 0 radical (unpaired) electrons. The van der Waals surface area contributed by atoms with Crippen LogP contribution in [0.5, 0.6) is 0 Å². The molecule has 1 atom stereocenters. The van der Waals surface area contributed by atoms with Crippen LogP contribution in [0.4, 0.5) is 0 Å². The highest BCUT2D eigenvalue weighted by Crippen LogP contribution is 2.31. The van der Waals surface area contributed by atoms with Crippen LogP contribution >= 0.6 is 34.8 Å². The molecule has 0 saturated heterocycles. The molecule has 3 rings (SSSR count). The number of halogens is 3. The van der Waals surface area contributed by atoms with Gasteiger partial charge in [-0.25, -0.2) is 5.06 Å². The fraction of sp³-hybridized carbons (Fsp3) is 0.174. The van der Waals surface area contributed by atoms with E-state index in [4.69, 9.17) is 39.6 Å². The van der Waals surface area contributed by atoms with E-state index < -0.39 is 0 Å². The largest absolute Gasteiger partial charge is 0.277 e. The Morgan fingerprint density at radius 1 is 0.931 bits per heavy atom. The first-order valence-corrected chi connectivity index (χ1v) is 10.3. The van der Waals surface area contributed by atoms with Crippen LogP contribution in [0.3, 0.4) is 0 Å². The van der Waals surface area contributed by atoms with Crippen LogP contribution in [0.15, 0.2) is 72.8 Å². The van der Waals surface area contributed by atoms with E-state index in [0.29, 0.717) is 27.1 Å². The summed E-state index contributed by atoms with van der Waals surface area (Å²) in [5.41, 5.74) is 2.23. The van der Waals surface area contributed by atoms with Crippen molar-refractivity contribution < 1.29 is 9.63 Å². The lowest BCUT2D eigenvalue weighted by molar-refractivity contribution is -0.155. The number of benzene rings is 3. The van der Waals surface area contributed by atoms with Crippen LogP contribution in [0.2, 0.25) is 15.1 Å². The molecule has 0 heterocycles. The third-order valence-electron chi connectivity index (χ3n) is 4.44. The molecule has 0 unspecified atom stereocenters. The molecule has 3 aromatic rings. The second-order valence-corrected chi connectivity index (χ2v) is 7.91. The monoisotopic (exact) mass is 447 g/mol. The lowest BCUT2D eigenvalue weighted by Gasteiger charge is -2.29. The van der Waals surface area contributed by atoms with Crippen molar-refractivity contribution in [3.8, 4) is 0 Å². The van der Waals surface area contributed by atoms with Crippen molar-refractivity contribution in [2.24, 2.45) is 0 Å². The molecule has 0 aliphatic carbocycles. The Bertz CT molecular complexity index is 941. The zero-order chi connectivity index (χ0) is 20.8. The topological polar surface area (TPSA) is 29.5 Å². The molecule has 0 bridgehead atoms. The molecule has 0 saturated carbocycles. The highest BCUT2D eigenvalue weighted by atomic mass is 35.5. The summed E-state index contributed by atoms with van der Waals surface area (Å²) in [6.45, 7) is 2.17. The predicted molar refractivity (Wildman–Crippen MR) is 118 cm³/mol. The Balaban J connectivity index is 1.84. The number of nitrogens with zero attached hydrogens (tertiary/aromatic N) is 1. The molecule has 3 aromatic carbocycles. The molecule has 6 heteroatoms. The zero-order valence-corrected chi connectivity index (χ0v) is 18.1. The molecule has 0 aliphatic rings. The minimum atomic E-state index is -0.317. The van der Waals surface area contributed by atoms with Crippen molar-refractivity contribution >= 4 is 40.7 Å². The number of amides is 1. The summed E-state index contributed by atoms with van der Waals surface area (Å²) >= 11 is 18.7. The van der Waals surface area contributed by atoms with Gasteiger partial charge in [0.1, 0.15) is 6.61 Å². The Morgan fingerprint density at radius 2 is 1.48 bits per heavy atom. The summed E-state index contributed by atoms with van der Waals surface area (Å²) in [5.74, 6) is -0.227. The summed E-state index contributed by atoms with van der Waals surface area (Å²) in [5, 5.41) is 2.78. The molecule has 150 valence electrons. The van der Waals surface area contributed by atoms with Crippen molar-refractivity contribution in [3.05, 3.63) is 105 Å². The minimum Gasteiger partial charge on any atom is -0.267 e. The molecule has 0 aromatic heterocycles. The third-order valence-corrected chi connectivity index (χ3v) is 5.33. The summed E-state index contributed by atoms with van der Waals surface area (Å²) in [6, 6.07) is 21.7. The van der Waals surface area contributed by atoms with E-state index in [1.54, 1.807) is 24.3 Å². The van der Waals surface area contributed by atoms with Crippen LogP contribution in [0.25, 0.3) is 0 Å². The lowest BCUT2D eigenvalue weighted by Crippen LogP contribution is -2.40. The van der Waals surface area contributed by atoms with Gasteiger partial charge >= 0.3 is 0 Å². The van der Waals surface area contributed by atoms with Crippen molar-refractivity contribution in [3.63, 3.8) is 0 Å². The molecular weight excluding hydrogens is 429 g/mol. The second kappa shape index (κ2) is 10.1. The maximum atomic E-state index is 13.1. The predicted octanol–water partition coefficient (Wildman–Crippen LogP) is 6.85. The fourth-order valence-electron chi connectivity index (χ4n) is 2.96. The first-order valence-electron chi connectivity index (χ1n) is 9.14. The van der Waals surface area contributed by atoms with Gasteiger partial charge in [0, 0.05) is 20.6 Å². The van der Waals surface area contributed by atoms with Gasteiger partial charge in [0.2, 0.25) is 0 Å². The molecule has 0 aliphatic heterocycles. The van der Waals surface area contributed by atoms with Crippen molar-refractivity contribution in [1.29, 1.82) is 0 Å². The Labute approximate surface area is 185 Å². The first-order chi connectivity index (χ1) is 14.0. The van der Waals surface area contributed by atoms with Gasteiger partial charge in [-0.05, 0) is 48.7 Å². The number of carbonyl (C=O) groups excluding carboxylic acids is 1. The van der Waals surface area contributed by atoms with E-state index in [1.165, 1.54) is 5.06 Å². The molecule has 0 fully saturated rings. The maximum absolute atomic E-state index is 13.1. The molecule has 0 N–H and O–H groups in total. The van der Waals surface area contributed by atoms with Gasteiger partial charge in [-0.2, -0.15) is 0 Å². The quantitative estimate of drug-likeness (QED) is 0.370. The lowest BCUT2D eigenvalue weighted by atomic mass is 10.1. The van der Waals surface area contributed by atoms with E-state index in [0.717, 1.165) is 11.1 Å². The highest BCUT2D eigenvalue weighted by Gasteiger charge is 2.25. The smallest absolute Gasteiger partial charge is 0.267 e. The zero-order valence-electron chi connectivity index (χ0n) is 15.8. The third kappa shape index (κ3) is 5.74. The Morgan fingerprint density at radius 3 is 2.07 bits per heavy atom. The van der Waals surface area contributed by atoms with E-state index in [-0.39, 0.29) is 18.6 Å².